The van der Waals surface area contributed by atoms with Gasteiger partial charge in [0.1, 0.15) is 23.9 Å². The van der Waals surface area contributed by atoms with Gasteiger partial charge < -0.3 is 15.2 Å². The van der Waals surface area contributed by atoms with Gasteiger partial charge >= 0.3 is 0 Å². The fraction of sp³-hybridized carbons (Fsp3) is 0.0526. The summed E-state index contributed by atoms with van der Waals surface area (Å²) in [6.07, 6.45) is 0. The number of non-ortho nitro benzene ring substituents is 1. The molecule has 2 N–H and O–H groups in total. The van der Waals surface area contributed by atoms with E-state index in [1.165, 1.54) is 12.1 Å². The molecule has 0 saturated carbocycles. The minimum absolute atomic E-state index is 0.0466. The van der Waals surface area contributed by atoms with E-state index in [4.69, 9.17) is 15.2 Å². The lowest BCUT2D eigenvalue weighted by Crippen LogP contribution is -1.97. The lowest BCUT2D eigenvalue weighted by atomic mass is 10.2. The Morgan fingerprint density at radius 1 is 0.920 bits per heavy atom. The molecule has 3 aromatic rings. The van der Waals surface area contributed by atoms with Gasteiger partial charge in [-0.15, -0.1) is 0 Å². The SMILES string of the molecule is Nc1ccccc1Oc1ccc(OCc2cccc([N+](=O)[O-])c2)cc1. The van der Waals surface area contributed by atoms with Crippen LogP contribution in [0.2, 0.25) is 0 Å². The van der Waals surface area contributed by atoms with E-state index in [2.05, 4.69) is 0 Å². The van der Waals surface area contributed by atoms with Crippen LogP contribution < -0.4 is 15.2 Å². The van der Waals surface area contributed by atoms with E-state index in [0.29, 0.717) is 22.9 Å². The molecule has 25 heavy (non-hydrogen) atoms. The maximum absolute atomic E-state index is 10.8. The second-order valence-electron chi connectivity index (χ2n) is 5.33. The van der Waals surface area contributed by atoms with E-state index in [0.717, 1.165) is 5.56 Å². The zero-order valence-corrected chi connectivity index (χ0v) is 13.3. The molecule has 0 aliphatic heterocycles. The summed E-state index contributed by atoms with van der Waals surface area (Å²) in [7, 11) is 0. The summed E-state index contributed by atoms with van der Waals surface area (Å²) in [5.74, 6) is 1.87. The van der Waals surface area contributed by atoms with Crippen LogP contribution in [0.15, 0.2) is 72.8 Å². The van der Waals surface area contributed by atoms with Gasteiger partial charge in [0.25, 0.3) is 5.69 Å². The van der Waals surface area contributed by atoms with E-state index < -0.39 is 4.92 Å². The summed E-state index contributed by atoms with van der Waals surface area (Å²) in [4.78, 5) is 10.4. The summed E-state index contributed by atoms with van der Waals surface area (Å²) in [6.45, 7) is 0.244. The number of hydrogen-bond donors (Lipinski definition) is 1. The van der Waals surface area contributed by atoms with Gasteiger partial charge in [-0.05, 0) is 42.0 Å². The smallest absolute Gasteiger partial charge is 0.269 e. The van der Waals surface area contributed by atoms with Crippen LogP contribution in [0.5, 0.6) is 17.2 Å². The predicted molar refractivity (Wildman–Crippen MR) is 94.8 cm³/mol. The fourth-order valence-corrected chi connectivity index (χ4v) is 2.23. The first-order chi connectivity index (χ1) is 12.1. The van der Waals surface area contributed by atoms with Crippen molar-refractivity contribution < 1.29 is 14.4 Å². The molecule has 3 rings (SSSR count). The topological polar surface area (TPSA) is 87.6 Å². The molecule has 6 heteroatoms. The minimum Gasteiger partial charge on any atom is -0.489 e. The van der Waals surface area contributed by atoms with Crippen molar-refractivity contribution in [1.29, 1.82) is 0 Å². The van der Waals surface area contributed by atoms with Crippen LogP contribution in [-0.4, -0.2) is 4.92 Å². The number of hydrogen-bond acceptors (Lipinski definition) is 5. The highest BCUT2D eigenvalue weighted by atomic mass is 16.6. The van der Waals surface area contributed by atoms with Crippen LogP contribution in [-0.2, 0) is 6.61 Å². The van der Waals surface area contributed by atoms with E-state index in [-0.39, 0.29) is 12.3 Å². The molecule has 0 unspecified atom stereocenters. The maximum Gasteiger partial charge on any atom is 0.269 e. The summed E-state index contributed by atoms with van der Waals surface area (Å²) in [6, 6.07) is 20.7. The van der Waals surface area contributed by atoms with Gasteiger partial charge in [0.2, 0.25) is 0 Å². The fourth-order valence-electron chi connectivity index (χ4n) is 2.23. The molecule has 0 heterocycles. The van der Waals surface area contributed by atoms with Gasteiger partial charge in [0.05, 0.1) is 10.6 Å². The summed E-state index contributed by atoms with van der Waals surface area (Å²) >= 11 is 0. The summed E-state index contributed by atoms with van der Waals surface area (Å²) < 4.78 is 11.4. The van der Waals surface area contributed by atoms with Crippen molar-refractivity contribution in [3.05, 3.63) is 88.5 Å². The largest absolute Gasteiger partial charge is 0.489 e. The standard InChI is InChI=1S/C19H16N2O4/c20-18-6-1-2-7-19(18)25-17-10-8-16(9-11-17)24-13-14-4-3-5-15(12-14)21(22)23/h1-12H,13,20H2. The molecule has 0 atom stereocenters. The number of anilines is 1. The lowest BCUT2D eigenvalue weighted by molar-refractivity contribution is -0.384. The number of nitrogens with zero attached hydrogens (tertiary/aromatic N) is 1. The maximum atomic E-state index is 10.8. The van der Waals surface area contributed by atoms with E-state index in [1.54, 1.807) is 48.5 Å². The molecule has 0 saturated heterocycles. The van der Waals surface area contributed by atoms with Crippen LogP contribution in [0.1, 0.15) is 5.56 Å². The molecule has 0 spiro atoms. The molecular weight excluding hydrogens is 320 g/mol. The van der Waals surface area contributed by atoms with Crippen LogP contribution in [0.3, 0.4) is 0 Å². The van der Waals surface area contributed by atoms with Gasteiger partial charge in [0, 0.05) is 12.1 Å². The second-order valence-corrected chi connectivity index (χ2v) is 5.33. The average Bonchev–Trinajstić information content (AvgIpc) is 2.63. The van der Waals surface area contributed by atoms with E-state index in [9.17, 15) is 10.1 Å². The Kier molecular flexibility index (Phi) is 4.80. The Morgan fingerprint density at radius 2 is 1.64 bits per heavy atom. The molecule has 0 bridgehead atoms. The van der Waals surface area contributed by atoms with Crippen LogP contribution >= 0.6 is 0 Å². The Balaban J connectivity index is 1.62. The molecule has 126 valence electrons. The number of benzene rings is 3. The van der Waals surface area contributed by atoms with Crippen LogP contribution in [0.25, 0.3) is 0 Å². The third-order valence-corrected chi connectivity index (χ3v) is 3.50. The third-order valence-electron chi connectivity index (χ3n) is 3.50. The van der Waals surface area contributed by atoms with Crippen molar-refractivity contribution in [2.45, 2.75) is 6.61 Å². The number of nitro groups is 1. The van der Waals surface area contributed by atoms with E-state index in [1.807, 2.05) is 12.1 Å². The number of para-hydroxylation sites is 2. The number of nitrogen functional groups attached to an aromatic ring is 1. The van der Waals surface area contributed by atoms with Crippen molar-refractivity contribution in [1.82, 2.24) is 0 Å². The number of nitrogens with two attached hydrogens (primary N) is 1. The monoisotopic (exact) mass is 336 g/mol. The highest BCUT2D eigenvalue weighted by Crippen LogP contribution is 2.28. The molecule has 0 aromatic heterocycles. The first-order valence-electron chi connectivity index (χ1n) is 7.60. The van der Waals surface area contributed by atoms with Crippen molar-refractivity contribution >= 4 is 11.4 Å². The molecule has 0 aliphatic carbocycles. The summed E-state index contributed by atoms with van der Waals surface area (Å²) in [5.41, 5.74) is 7.18. The number of rotatable bonds is 6. The molecule has 0 amide bonds. The molecule has 0 radical (unpaired) electrons. The Morgan fingerprint density at radius 3 is 2.36 bits per heavy atom. The van der Waals surface area contributed by atoms with Gasteiger partial charge in [-0.3, -0.25) is 10.1 Å². The van der Waals surface area contributed by atoms with Crippen molar-refractivity contribution in [3.63, 3.8) is 0 Å². The number of nitro benzene ring substituents is 1. The van der Waals surface area contributed by atoms with E-state index >= 15 is 0 Å². The zero-order chi connectivity index (χ0) is 17.6. The third kappa shape index (κ3) is 4.26. The molecule has 3 aromatic carbocycles. The predicted octanol–water partition coefficient (Wildman–Crippen LogP) is 4.55. The Labute approximate surface area is 144 Å². The molecule has 6 nitrogen and oxygen atoms in total. The minimum atomic E-state index is -0.426. The second kappa shape index (κ2) is 7.35. The van der Waals surface area contributed by atoms with Gasteiger partial charge in [0.15, 0.2) is 0 Å². The quantitative estimate of drug-likeness (QED) is 0.405. The molecule has 0 aliphatic rings. The van der Waals surface area contributed by atoms with Crippen molar-refractivity contribution in [2.75, 3.05) is 5.73 Å². The molecule has 0 fully saturated rings. The Hall–Kier alpha value is -3.54. The van der Waals surface area contributed by atoms with Crippen molar-refractivity contribution in [2.24, 2.45) is 0 Å². The lowest BCUT2D eigenvalue weighted by Gasteiger charge is -2.10. The first-order valence-corrected chi connectivity index (χ1v) is 7.60. The van der Waals surface area contributed by atoms with Gasteiger partial charge in [-0.2, -0.15) is 0 Å². The van der Waals surface area contributed by atoms with Gasteiger partial charge in [-0.1, -0.05) is 24.3 Å². The van der Waals surface area contributed by atoms with Gasteiger partial charge in [-0.25, -0.2) is 0 Å². The molecular formula is C19H16N2O4. The normalized spacial score (nSPS) is 10.2. The highest BCUT2D eigenvalue weighted by Gasteiger charge is 2.06. The summed E-state index contributed by atoms with van der Waals surface area (Å²) in [5, 5.41) is 10.8. The Bertz CT molecular complexity index is 879. The highest BCUT2D eigenvalue weighted by molar-refractivity contribution is 5.53. The number of ether oxygens (including phenoxy) is 2. The first kappa shape index (κ1) is 16.3. The van der Waals surface area contributed by atoms with Crippen molar-refractivity contribution in [3.8, 4) is 17.2 Å². The average molecular weight is 336 g/mol. The zero-order valence-electron chi connectivity index (χ0n) is 13.3. The van der Waals surface area contributed by atoms with Crippen LogP contribution in [0, 0.1) is 10.1 Å². The van der Waals surface area contributed by atoms with Crippen LogP contribution in [0.4, 0.5) is 11.4 Å².